The first kappa shape index (κ1) is 77.6. The Morgan fingerprint density at radius 3 is 1.28 bits per heavy atom. The lowest BCUT2D eigenvalue weighted by atomic mass is 9.99. The van der Waals surface area contributed by atoms with Crippen molar-refractivity contribution in [2.45, 2.75) is 371 Å². The summed E-state index contributed by atoms with van der Waals surface area (Å²) in [5.74, 6) is -0.186. The first-order valence-corrected chi connectivity index (χ1v) is 34.9. The average molecular weight is 1160 g/mol. The van der Waals surface area contributed by atoms with Crippen LogP contribution in [0.25, 0.3) is 0 Å². The van der Waals surface area contributed by atoms with E-state index < -0.39 is 49.5 Å². The fraction of sp³-hybridized carbons (Fsp3) is 0.859. The second-order valence-corrected chi connectivity index (χ2v) is 24.2. The van der Waals surface area contributed by atoms with E-state index >= 15 is 0 Å². The second kappa shape index (κ2) is 60.3. The molecule has 6 N–H and O–H groups in total. The van der Waals surface area contributed by atoms with Crippen molar-refractivity contribution in [2.24, 2.45) is 0 Å². The van der Waals surface area contributed by atoms with Crippen molar-refractivity contribution in [3.8, 4) is 0 Å². The normalized spacial score (nSPS) is 18.5. The van der Waals surface area contributed by atoms with Gasteiger partial charge in [-0.1, -0.05) is 287 Å². The van der Waals surface area contributed by atoms with Gasteiger partial charge in [0.25, 0.3) is 0 Å². The Bertz CT molecular complexity index is 1500. The third-order valence-corrected chi connectivity index (χ3v) is 16.4. The maximum atomic E-state index is 13.0. The van der Waals surface area contributed by atoms with E-state index in [1.165, 1.54) is 238 Å². The van der Waals surface area contributed by atoms with Crippen molar-refractivity contribution in [2.75, 3.05) is 19.8 Å². The van der Waals surface area contributed by atoms with Gasteiger partial charge >= 0.3 is 5.97 Å². The number of aliphatic hydroxyl groups excluding tert-OH is 5. The zero-order valence-corrected chi connectivity index (χ0v) is 53.2. The fourth-order valence-electron chi connectivity index (χ4n) is 10.9. The van der Waals surface area contributed by atoms with Gasteiger partial charge < -0.3 is 45.1 Å². The highest BCUT2D eigenvalue weighted by atomic mass is 16.7. The molecule has 1 amide bonds. The van der Waals surface area contributed by atoms with Crippen LogP contribution in [0.2, 0.25) is 0 Å². The molecule has 1 aliphatic heterocycles. The van der Waals surface area contributed by atoms with Crippen LogP contribution in [0, 0.1) is 0 Å². The molecule has 0 bridgehead atoms. The summed E-state index contributed by atoms with van der Waals surface area (Å²) in [6.07, 6.45) is 68.2. The standard InChI is InChI=1S/C71H131NO10/c1-3-5-7-9-11-13-15-38-41-45-49-53-57-64(74)63(62-81-71-70(79)69(78)68(77)65(61-73)82-71)72-66(75)58-54-50-46-42-39-35-33-31-29-27-25-23-21-19-17-16-18-20-22-24-26-28-30-32-34-36-40-44-48-52-56-60-80-67(76)59-55-51-47-43-37-14-12-10-8-6-4-2/h18,20,24,26,38,41,53,57,63-65,68-71,73-74,77-79H,3-17,19,21-23,25,27-37,39-40,42-52,54-56,58-62H2,1-2H3,(H,72,75)/b20-18-,26-24-,41-38+,57-53+. The summed E-state index contributed by atoms with van der Waals surface area (Å²) in [6.45, 7) is 4.33. The van der Waals surface area contributed by atoms with Gasteiger partial charge in [-0.25, -0.2) is 0 Å². The van der Waals surface area contributed by atoms with Crippen LogP contribution in [0.15, 0.2) is 48.6 Å². The topological polar surface area (TPSA) is 175 Å². The first-order valence-electron chi connectivity index (χ1n) is 34.9. The lowest BCUT2D eigenvalue weighted by molar-refractivity contribution is -0.302. The molecular weight excluding hydrogens is 1030 g/mol. The molecule has 1 fully saturated rings. The smallest absolute Gasteiger partial charge is 0.305 e. The van der Waals surface area contributed by atoms with Crippen LogP contribution in [-0.2, 0) is 23.8 Å². The van der Waals surface area contributed by atoms with E-state index in [4.69, 9.17) is 14.2 Å². The molecule has 7 atom stereocenters. The molecule has 0 aliphatic carbocycles. The Morgan fingerprint density at radius 1 is 0.451 bits per heavy atom. The molecule has 0 spiro atoms. The van der Waals surface area contributed by atoms with E-state index in [0.29, 0.717) is 19.4 Å². The Balaban J connectivity index is 1.98. The summed E-state index contributed by atoms with van der Waals surface area (Å²) in [5.41, 5.74) is 0. The third kappa shape index (κ3) is 48.8. The molecule has 0 saturated carbocycles. The average Bonchev–Trinajstić information content (AvgIpc) is 3.68. The highest BCUT2D eigenvalue weighted by molar-refractivity contribution is 5.76. The number of hydrogen-bond donors (Lipinski definition) is 6. The van der Waals surface area contributed by atoms with Crippen LogP contribution < -0.4 is 5.32 Å². The molecule has 1 rings (SSSR count). The van der Waals surface area contributed by atoms with Crippen molar-refractivity contribution in [3.63, 3.8) is 0 Å². The Labute approximate surface area is 504 Å². The Morgan fingerprint density at radius 2 is 0.829 bits per heavy atom. The molecule has 0 aromatic heterocycles. The van der Waals surface area contributed by atoms with Crippen LogP contribution in [0.1, 0.15) is 328 Å². The number of nitrogens with one attached hydrogen (secondary N) is 1. The molecule has 1 saturated heterocycles. The minimum atomic E-state index is -1.58. The quantitative estimate of drug-likeness (QED) is 0.0195. The Hall–Kier alpha value is -2.38. The molecule has 0 aromatic carbocycles. The lowest BCUT2D eigenvalue weighted by Crippen LogP contribution is -2.60. The van der Waals surface area contributed by atoms with Crippen LogP contribution in [0.3, 0.4) is 0 Å². The van der Waals surface area contributed by atoms with Crippen molar-refractivity contribution in [3.05, 3.63) is 48.6 Å². The van der Waals surface area contributed by atoms with Crippen LogP contribution in [-0.4, -0.2) is 100 Å². The van der Waals surface area contributed by atoms with Gasteiger partial charge in [0.1, 0.15) is 24.4 Å². The van der Waals surface area contributed by atoms with E-state index in [1.54, 1.807) is 6.08 Å². The number of hydrogen-bond acceptors (Lipinski definition) is 10. The molecule has 480 valence electrons. The third-order valence-electron chi connectivity index (χ3n) is 16.4. The number of esters is 1. The number of rotatable bonds is 61. The van der Waals surface area contributed by atoms with Crippen LogP contribution >= 0.6 is 0 Å². The highest BCUT2D eigenvalue weighted by Gasteiger charge is 2.44. The van der Waals surface area contributed by atoms with Gasteiger partial charge in [-0.3, -0.25) is 9.59 Å². The molecular formula is C71H131NO10. The molecule has 11 nitrogen and oxygen atoms in total. The van der Waals surface area contributed by atoms with E-state index in [1.807, 2.05) is 6.08 Å². The number of ether oxygens (including phenoxy) is 3. The summed E-state index contributed by atoms with van der Waals surface area (Å²) in [5, 5.41) is 54.4. The molecule has 7 unspecified atom stereocenters. The van der Waals surface area contributed by atoms with Crippen molar-refractivity contribution in [1.29, 1.82) is 0 Å². The SMILES string of the molecule is CCCCCCCC/C=C/CC/C=C/C(O)C(COC1OC(CO)C(O)C(O)C1O)NC(=O)CCCCCCCCCCCCCCCCC/C=C\C/C=C\CCCCCCCCCCCOC(=O)CCCCCCCCCCCCC. The van der Waals surface area contributed by atoms with Gasteiger partial charge in [-0.2, -0.15) is 0 Å². The number of carbonyl (C=O) groups excluding carboxylic acids is 2. The van der Waals surface area contributed by atoms with E-state index in [-0.39, 0.29) is 18.5 Å². The minimum Gasteiger partial charge on any atom is -0.466 e. The number of amides is 1. The summed E-state index contributed by atoms with van der Waals surface area (Å²) >= 11 is 0. The van der Waals surface area contributed by atoms with E-state index in [0.717, 1.165) is 64.2 Å². The predicted octanol–water partition coefficient (Wildman–Crippen LogP) is 17.6. The molecule has 0 aromatic rings. The zero-order chi connectivity index (χ0) is 59.5. The first-order chi connectivity index (χ1) is 40.2. The Kier molecular flexibility index (Phi) is 57.1. The summed E-state index contributed by atoms with van der Waals surface area (Å²) in [7, 11) is 0. The van der Waals surface area contributed by atoms with Gasteiger partial charge in [0.2, 0.25) is 5.91 Å². The largest absolute Gasteiger partial charge is 0.466 e. The maximum absolute atomic E-state index is 13.0. The van der Waals surface area contributed by atoms with Gasteiger partial charge in [0.05, 0.1) is 32.0 Å². The molecule has 1 heterocycles. The molecule has 1 aliphatic rings. The summed E-state index contributed by atoms with van der Waals surface area (Å²) in [4.78, 5) is 25.1. The van der Waals surface area contributed by atoms with E-state index in [2.05, 4.69) is 55.6 Å². The fourth-order valence-corrected chi connectivity index (χ4v) is 10.9. The molecule has 11 heteroatoms. The molecule has 82 heavy (non-hydrogen) atoms. The predicted molar refractivity (Wildman–Crippen MR) is 343 cm³/mol. The lowest BCUT2D eigenvalue weighted by Gasteiger charge is -2.40. The zero-order valence-electron chi connectivity index (χ0n) is 53.2. The maximum Gasteiger partial charge on any atom is 0.305 e. The summed E-state index contributed by atoms with van der Waals surface area (Å²) in [6, 6.07) is -0.827. The van der Waals surface area contributed by atoms with Crippen LogP contribution in [0.4, 0.5) is 0 Å². The number of carbonyl (C=O) groups is 2. The monoisotopic (exact) mass is 1160 g/mol. The van der Waals surface area contributed by atoms with Crippen molar-refractivity contribution >= 4 is 11.9 Å². The van der Waals surface area contributed by atoms with Gasteiger partial charge in [0.15, 0.2) is 6.29 Å². The molecule has 0 radical (unpaired) electrons. The number of allylic oxidation sites excluding steroid dienone is 7. The minimum absolute atomic E-state index is 0.00465. The van der Waals surface area contributed by atoms with Crippen LogP contribution in [0.5, 0.6) is 0 Å². The number of aliphatic hydroxyl groups is 5. The number of unbranched alkanes of at least 4 members (excludes halogenated alkanes) is 41. The highest BCUT2D eigenvalue weighted by Crippen LogP contribution is 2.23. The van der Waals surface area contributed by atoms with Crippen molar-refractivity contribution in [1.82, 2.24) is 5.32 Å². The second-order valence-electron chi connectivity index (χ2n) is 24.2. The van der Waals surface area contributed by atoms with Gasteiger partial charge in [-0.05, 0) is 77.0 Å². The van der Waals surface area contributed by atoms with Gasteiger partial charge in [0, 0.05) is 12.8 Å². The summed E-state index contributed by atoms with van der Waals surface area (Å²) < 4.78 is 16.7. The van der Waals surface area contributed by atoms with Crippen molar-refractivity contribution < 1.29 is 49.3 Å². The van der Waals surface area contributed by atoms with Gasteiger partial charge in [-0.15, -0.1) is 0 Å². The van der Waals surface area contributed by atoms with E-state index in [9.17, 15) is 35.1 Å².